The number of nitrogens with zero attached hydrogens (tertiary/aromatic N) is 4. The van der Waals surface area contributed by atoms with Gasteiger partial charge in [0.1, 0.15) is 23.7 Å². The maximum atomic E-state index is 12.4. The predicted molar refractivity (Wildman–Crippen MR) is 121 cm³/mol. The highest BCUT2D eigenvalue weighted by atomic mass is 16.6. The Morgan fingerprint density at radius 2 is 2.03 bits per heavy atom. The highest BCUT2D eigenvalue weighted by Gasteiger charge is 2.21. The Kier molecular flexibility index (Phi) is 7.93. The maximum absolute atomic E-state index is 12.4. The minimum absolute atomic E-state index is 0.125. The maximum Gasteiger partial charge on any atom is 0.410 e. The van der Waals surface area contributed by atoms with Gasteiger partial charge >= 0.3 is 6.09 Å². The van der Waals surface area contributed by atoms with E-state index in [4.69, 9.17) is 9.47 Å². The van der Waals surface area contributed by atoms with E-state index in [9.17, 15) is 4.79 Å². The molecule has 1 atom stereocenters. The number of benzene rings is 1. The summed E-state index contributed by atoms with van der Waals surface area (Å²) in [5, 5.41) is 8.48. The van der Waals surface area contributed by atoms with Gasteiger partial charge in [-0.2, -0.15) is 0 Å². The smallest absolute Gasteiger partial charge is 0.410 e. The van der Waals surface area contributed by atoms with Crippen LogP contribution >= 0.6 is 0 Å². The lowest BCUT2D eigenvalue weighted by Crippen LogP contribution is -2.35. The summed E-state index contributed by atoms with van der Waals surface area (Å²) in [7, 11) is 3.59. The second kappa shape index (κ2) is 10.6. The molecule has 0 radical (unpaired) electrons. The molecule has 1 aliphatic rings. The van der Waals surface area contributed by atoms with Crippen molar-refractivity contribution in [1.82, 2.24) is 19.9 Å². The molecule has 0 bridgehead atoms. The number of amides is 1. The summed E-state index contributed by atoms with van der Waals surface area (Å²) in [6.07, 6.45) is 8.01. The van der Waals surface area contributed by atoms with Gasteiger partial charge in [-0.3, -0.25) is 0 Å². The number of rotatable bonds is 8. The Morgan fingerprint density at radius 1 is 1.29 bits per heavy atom. The van der Waals surface area contributed by atoms with Crippen molar-refractivity contribution in [1.29, 1.82) is 0 Å². The average molecular weight is 429 g/mol. The first-order valence-electron chi connectivity index (χ1n) is 11.5. The number of aromatic nitrogens is 3. The molecule has 31 heavy (non-hydrogen) atoms. The summed E-state index contributed by atoms with van der Waals surface area (Å²) < 4.78 is 13.5. The molecule has 0 saturated heterocycles. The zero-order valence-corrected chi connectivity index (χ0v) is 19.6. The van der Waals surface area contributed by atoms with Gasteiger partial charge in [0.2, 0.25) is 0 Å². The van der Waals surface area contributed by atoms with E-state index in [1.54, 1.807) is 16.6 Å². The van der Waals surface area contributed by atoms with Crippen LogP contribution in [-0.2, 0) is 18.4 Å². The number of hydrogen-bond acceptors (Lipinski definition) is 5. The molecule has 1 fully saturated rings. The number of hydrogen-bond donors (Lipinski definition) is 0. The van der Waals surface area contributed by atoms with Crippen molar-refractivity contribution in [2.75, 3.05) is 7.05 Å². The third kappa shape index (κ3) is 5.77. The van der Waals surface area contributed by atoms with Crippen molar-refractivity contribution in [3.8, 4) is 17.0 Å². The fourth-order valence-electron chi connectivity index (χ4n) is 4.08. The van der Waals surface area contributed by atoms with Crippen LogP contribution in [0.2, 0.25) is 0 Å². The molecule has 1 aliphatic carbocycles. The van der Waals surface area contributed by atoms with Gasteiger partial charge in [-0.05, 0) is 69.7 Å². The van der Waals surface area contributed by atoms with Crippen LogP contribution in [0.15, 0.2) is 18.2 Å². The van der Waals surface area contributed by atoms with Gasteiger partial charge < -0.3 is 14.4 Å². The molecule has 1 saturated carbocycles. The number of carbonyl (C=O) groups is 1. The summed E-state index contributed by atoms with van der Waals surface area (Å²) >= 11 is 0. The van der Waals surface area contributed by atoms with Gasteiger partial charge in [0.15, 0.2) is 0 Å². The third-order valence-corrected chi connectivity index (χ3v) is 6.23. The van der Waals surface area contributed by atoms with Crippen LogP contribution in [0.25, 0.3) is 11.3 Å². The molecule has 7 nitrogen and oxygen atoms in total. The molecule has 7 heteroatoms. The summed E-state index contributed by atoms with van der Waals surface area (Å²) in [6.45, 7) is 6.32. The van der Waals surface area contributed by atoms with Crippen molar-refractivity contribution >= 4 is 6.09 Å². The lowest BCUT2D eigenvalue weighted by Gasteiger charge is -2.24. The fourth-order valence-corrected chi connectivity index (χ4v) is 4.08. The van der Waals surface area contributed by atoms with Crippen LogP contribution in [0.5, 0.6) is 5.75 Å². The molecule has 2 aromatic rings. The van der Waals surface area contributed by atoms with Crippen LogP contribution in [0, 0.1) is 6.92 Å². The molecular formula is C24H36N4O3. The van der Waals surface area contributed by atoms with Crippen LogP contribution in [0.1, 0.15) is 70.1 Å². The zero-order valence-electron chi connectivity index (χ0n) is 19.6. The largest absolute Gasteiger partial charge is 0.490 e. The van der Waals surface area contributed by atoms with Gasteiger partial charge in [0, 0.05) is 25.7 Å². The number of ether oxygens (including phenoxy) is 2. The Labute approximate surface area is 185 Å². The molecule has 1 aromatic carbocycles. The SMILES string of the molecule is CCCC(C)N(C)C(=O)OCc1c(-c2ccc(OC3CCCCC3)c(C)c2)nnn1C. The molecule has 0 N–H and O–H groups in total. The summed E-state index contributed by atoms with van der Waals surface area (Å²) in [5.74, 6) is 0.930. The van der Waals surface area contributed by atoms with E-state index < -0.39 is 0 Å². The Balaban J connectivity index is 1.70. The minimum atomic E-state index is -0.333. The van der Waals surface area contributed by atoms with Gasteiger partial charge in [-0.15, -0.1) is 5.10 Å². The fraction of sp³-hybridized carbons (Fsp3) is 0.625. The van der Waals surface area contributed by atoms with E-state index in [-0.39, 0.29) is 18.7 Å². The van der Waals surface area contributed by atoms with Crippen molar-refractivity contribution in [2.45, 2.75) is 84.5 Å². The molecule has 3 rings (SSSR count). The Hall–Kier alpha value is -2.57. The van der Waals surface area contributed by atoms with Crippen molar-refractivity contribution in [2.24, 2.45) is 7.05 Å². The normalized spacial score (nSPS) is 15.5. The summed E-state index contributed by atoms with van der Waals surface area (Å²) in [6, 6.07) is 6.24. The molecule has 0 aliphatic heterocycles. The van der Waals surface area contributed by atoms with E-state index in [0.29, 0.717) is 6.10 Å². The molecule has 1 aromatic heterocycles. The highest BCUT2D eigenvalue weighted by molar-refractivity contribution is 5.68. The van der Waals surface area contributed by atoms with Crippen LogP contribution in [0.3, 0.4) is 0 Å². The van der Waals surface area contributed by atoms with E-state index >= 15 is 0 Å². The quantitative estimate of drug-likeness (QED) is 0.574. The van der Waals surface area contributed by atoms with E-state index in [1.165, 1.54) is 19.3 Å². The topological polar surface area (TPSA) is 69.5 Å². The number of carbonyl (C=O) groups excluding carboxylic acids is 1. The molecule has 1 amide bonds. The Morgan fingerprint density at radius 3 is 2.71 bits per heavy atom. The highest BCUT2D eigenvalue weighted by Crippen LogP contribution is 2.30. The average Bonchev–Trinajstić information content (AvgIpc) is 3.14. The first-order valence-corrected chi connectivity index (χ1v) is 11.5. The van der Waals surface area contributed by atoms with E-state index in [2.05, 4.69) is 30.2 Å². The molecular weight excluding hydrogens is 392 g/mol. The Bertz CT molecular complexity index is 874. The summed E-state index contributed by atoms with van der Waals surface area (Å²) in [4.78, 5) is 14.1. The number of aryl methyl sites for hydroxylation is 2. The van der Waals surface area contributed by atoms with Crippen molar-refractivity contribution in [3.05, 3.63) is 29.5 Å². The first-order chi connectivity index (χ1) is 14.9. The van der Waals surface area contributed by atoms with Gasteiger partial charge in [-0.25, -0.2) is 9.48 Å². The second-order valence-corrected chi connectivity index (χ2v) is 8.67. The van der Waals surface area contributed by atoms with E-state index in [0.717, 1.165) is 53.9 Å². The minimum Gasteiger partial charge on any atom is -0.490 e. The predicted octanol–water partition coefficient (Wildman–Crippen LogP) is 5.26. The molecule has 0 spiro atoms. The van der Waals surface area contributed by atoms with Crippen LogP contribution in [-0.4, -0.2) is 45.2 Å². The van der Waals surface area contributed by atoms with Gasteiger partial charge in [0.25, 0.3) is 0 Å². The second-order valence-electron chi connectivity index (χ2n) is 8.67. The van der Waals surface area contributed by atoms with Gasteiger partial charge in [0.05, 0.1) is 6.10 Å². The lowest BCUT2D eigenvalue weighted by molar-refractivity contribution is 0.0902. The summed E-state index contributed by atoms with van der Waals surface area (Å²) in [5.41, 5.74) is 3.52. The first kappa shape index (κ1) is 23.1. The van der Waals surface area contributed by atoms with Crippen LogP contribution in [0.4, 0.5) is 4.79 Å². The standard InChI is InChI=1S/C24H36N4O3/c1-6-10-18(3)27(4)24(29)30-16-21-23(25-26-28(21)5)19-13-14-22(17(2)15-19)31-20-11-8-7-9-12-20/h13-15,18,20H,6-12,16H2,1-5H3. The van der Waals surface area contributed by atoms with Gasteiger partial charge in [-0.1, -0.05) is 25.0 Å². The molecule has 1 heterocycles. The van der Waals surface area contributed by atoms with Crippen LogP contribution < -0.4 is 4.74 Å². The lowest BCUT2D eigenvalue weighted by atomic mass is 9.97. The van der Waals surface area contributed by atoms with E-state index in [1.807, 2.05) is 26.1 Å². The third-order valence-electron chi connectivity index (χ3n) is 6.23. The zero-order chi connectivity index (χ0) is 22.4. The monoisotopic (exact) mass is 428 g/mol. The van der Waals surface area contributed by atoms with Crippen molar-refractivity contribution in [3.63, 3.8) is 0 Å². The molecule has 1 unspecified atom stereocenters. The van der Waals surface area contributed by atoms with Crippen molar-refractivity contribution < 1.29 is 14.3 Å². The molecule has 170 valence electrons.